The second-order valence-electron chi connectivity index (χ2n) is 6.67. The molecule has 0 aliphatic carbocycles. The van der Waals surface area contributed by atoms with Gasteiger partial charge >= 0.3 is 0 Å². The number of hydrogen-bond acceptors (Lipinski definition) is 4. The lowest BCUT2D eigenvalue weighted by molar-refractivity contribution is 0.0729. The molecular weight excluding hydrogens is 332 g/mol. The fourth-order valence-corrected chi connectivity index (χ4v) is 3.87. The van der Waals surface area contributed by atoms with Crippen molar-refractivity contribution >= 4 is 17.2 Å². The van der Waals surface area contributed by atoms with Crippen molar-refractivity contribution in [3.63, 3.8) is 0 Å². The number of benzene rings is 1. The summed E-state index contributed by atoms with van der Waals surface area (Å²) in [6.45, 7) is 5.66. The number of nitrogens with zero attached hydrogens (tertiary/aromatic N) is 3. The van der Waals surface area contributed by atoms with Crippen molar-refractivity contribution < 1.29 is 4.79 Å². The number of aromatic amines is 1. The highest BCUT2D eigenvalue weighted by Gasteiger charge is 2.24. The van der Waals surface area contributed by atoms with E-state index in [1.165, 1.54) is 16.9 Å². The summed E-state index contributed by atoms with van der Waals surface area (Å²) in [6.07, 6.45) is 2.62. The molecule has 1 amide bonds. The van der Waals surface area contributed by atoms with Gasteiger partial charge in [0.15, 0.2) is 0 Å². The van der Waals surface area contributed by atoms with E-state index in [0.29, 0.717) is 24.7 Å². The van der Waals surface area contributed by atoms with Crippen molar-refractivity contribution in [1.82, 2.24) is 20.1 Å². The van der Waals surface area contributed by atoms with Crippen LogP contribution in [0.5, 0.6) is 0 Å². The maximum Gasteiger partial charge on any atom is 0.273 e. The average molecular weight is 352 g/mol. The predicted molar refractivity (Wildman–Crippen MR) is 98.7 cm³/mol. The molecule has 128 valence electrons. The van der Waals surface area contributed by atoms with Gasteiger partial charge in [0.05, 0.1) is 6.20 Å². The number of carbonyl (C=O) groups is 1. The SMILES string of the molecule is CC(C)c1ccc(-c2nc(C(=O)N3CCc4[nH]ncc4C3)cs2)cc1. The molecule has 0 bridgehead atoms. The highest BCUT2D eigenvalue weighted by molar-refractivity contribution is 7.13. The van der Waals surface area contributed by atoms with E-state index >= 15 is 0 Å². The zero-order chi connectivity index (χ0) is 17.4. The number of carbonyl (C=O) groups excluding carboxylic acids is 1. The minimum atomic E-state index is -0.00634. The van der Waals surface area contributed by atoms with Crippen LogP contribution in [0.15, 0.2) is 35.8 Å². The number of H-pyrrole nitrogens is 1. The van der Waals surface area contributed by atoms with Gasteiger partial charge in [-0.1, -0.05) is 38.1 Å². The van der Waals surface area contributed by atoms with Gasteiger partial charge in [0.1, 0.15) is 10.7 Å². The van der Waals surface area contributed by atoms with Gasteiger partial charge in [-0.05, 0) is 11.5 Å². The highest BCUT2D eigenvalue weighted by atomic mass is 32.1. The zero-order valence-electron chi connectivity index (χ0n) is 14.3. The number of fused-ring (bicyclic) bond motifs is 1. The third-order valence-corrected chi connectivity index (χ3v) is 5.53. The van der Waals surface area contributed by atoms with Crippen LogP contribution in [0.2, 0.25) is 0 Å². The Morgan fingerprint density at radius 1 is 1.28 bits per heavy atom. The van der Waals surface area contributed by atoms with Crippen LogP contribution in [0.3, 0.4) is 0 Å². The second kappa shape index (κ2) is 6.44. The van der Waals surface area contributed by atoms with Crippen molar-refractivity contribution in [3.05, 3.63) is 58.4 Å². The number of hydrogen-bond donors (Lipinski definition) is 1. The van der Waals surface area contributed by atoms with Crippen LogP contribution < -0.4 is 0 Å². The Morgan fingerprint density at radius 3 is 2.84 bits per heavy atom. The van der Waals surface area contributed by atoms with Crippen molar-refractivity contribution in [3.8, 4) is 10.6 Å². The first-order chi connectivity index (χ1) is 12.1. The van der Waals surface area contributed by atoms with Gasteiger partial charge in [0, 0.05) is 41.7 Å². The Morgan fingerprint density at radius 2 is 2.08 bits per heavy atom. The summed E-state index contributed by atoms with van der Waals surface area (Å²) in [5.41, 5.74) is 5.12. The molecule has 0 unspecified atom stereocenters. The van der Waals surface area contributed by atoms with Gasteiger partial charge in [-0.2, -0.15) is 5.10 Å². The van der Waals surface area contributed by atoms with Crippen molar-refractivity contribution in [1.29, 1.82) is 0 Å². The lowest BCUT2D eigenvalue weighted by atomic mass is 10.0. The van der Waals surface area contributed by atoms with Gasteiger partial charge in [0.25, 0.3) is 5.91 Å². The summed E-state index contributed by atoms with van der Waals surface area (Å²) in [5.74, 6) is 0.502. The second-order valence-corrected chi connectivity index (χ2v) is 7.52. The Balaban J connectivity index is 1.52. The number of rotatable bonds is 3. The van der Waals surface area contributed by atoms with Gasteiger partial charge in [-0.15, -0.1) is 11.3 Å². The third-order valence-electron chi connectivity index (χ3n) is 4.64. The summed E-state index contributed by atoms with van der Waals surface area (Å²) in [6, 6.07) is 8.43. The normalized spacial score (nSPS) is 14.0. The van der Waals surface area contributed by atoms with Crippen LogP contribution in [-0.4, -0.2) is 32.5 Å². The molecule has 0 radical (unpaired) electrons. The van der Waals surface area contributed by atoms with E-state index in [0.717, 1.165) is 28.2 Å². The number of nitrogens with one attached hydrogen (secondary N) is 1. The Hall–Kier alpha value is -2.47. The first kappa shape index (κ1) is 16.0. The molecule has 1 N–H and O–H groups in total. The van der Waals surface area contributed by atoms with Crippen molar-refractivity contribution in [2.45, 2.75) is 32.7 Å². The van der Waals surface area contributed by atoms with E-state index in [9.17, 15) is 4.79 Å². The Bertz CT molecular complexity index is 894. The maximum atomic E-state index is 12.8. The smallest absolute Gasteiger partial charge is 0.273 e. The summed E-state index contributed by atoms with van der Waals surface area (Å²) < 4.78 is 0. The van der Waals surface area contributed by atoms with Crippen LogP contribution >= 0.6 is 11.3 Å². The Kier molecular flexibility index (Phi) is 4.13. The van der Waals surface area contributed by atoms with E-state index in [1.807, 2.05) is 10.3 Å². The fourth-order valence-electron chi connectivity index (χ4n) is 3.07. The number of thiazole rings is 1. The van der Waals surface area contributed by atoms with E-state index in [1.54, 1.807) is 6.20 Å². The molecule has 2 aromatic heterocycles. The monoisotopic (exact) mass is 352 g/mol. The van der Waals surface area contributed by atoms with E-state index in [2.05, 4.69) is 53.3 Å². The standard InChI is InChI=1S/C19H20N4OS/c1-12(2)13-3-5-14(6-4-13)18-21-17(11-25-18)19(24)23-8-7-16-15(10-23)9-20-22-16/h3-6,9,11-12H,7-8,10H2,1-2H3,(H,20,22). The minimum absolute atomic E-state index is 0.00634. The van der Waals surface area contributed by atoms with Gasteiger partial charge < -0.3 is 4.90 Å². The van der Waals surface area contributed by atoms with Gasteiger partial charge in [-0.3, -0.25) is 9.89 Å². The van der Waals surface area contributed by atoms with E-state index in [-0.39, 0.29) is 5.91 Å². The quantitative estimate of drug-likeness (QED) is 0.779. The minimum Gasteiger partial charge on any atom is -0.332 e. The average Bonchev–Trinajstić information content (AvgIpc) is 3.30. The summed E-state index contributed by atoms with van der Waals surface area (Å²) in [5, 5.41) is 9.80. The molecule has 0 saturated heterocycles. The zero-order valence-corrected chi connectivity index (χ0v) is 15.1. The molecular formula is C19H20N4OS. The van der Waals surface area contributed by atoms with Crippen LogP contribution in [-0.2, 0) is 13.0 Å². The number of aromatic nitrogens is 3. The van der Waals surface area contributed by atoms with Crippen LogP contribution in [0.25, 0.3) is 10.6 Å². The largest absolute Gasteiger partial charge is 0.332 e. The summed E-state index contributed by atoms with van der Waals surface area (Å²) in [4.78, 5) is 19.2. The van der Waals surface area contributed by atoms with Crippen molar-refractivity contribution in [2.24, 2.45) is 0 Å². The van der Waals surface area contributed by atoms with E-state index < -0.39 is 0 Å². The third kappa shape index (κ3) is 3.09. The number of amides is 1. The first-order valence-corrected chi connectivity index (χ1v) is 9.36. The molecule has 0 fully saturated rings. The summed E-state index contributed by atoms with van der Waals surface area (Å²) >= 11 is 1.52. The Labute approximate surface area is 150 Å². The molecule has 3 aromatic rings. The van der Waals surface area contributed by atoms with E-state index in [4.69, 9.17) is 0 Å². The van der Waals surface area contributed by atoms with Gasteiger partial charge in [0.2, 0.25) is 0 Å². The molecule has 4 rings (SSSR count). The molecule has 1 aliphatic heterocycles. The lowest BCUT2D eigenvalue weighted by Crippen LogP contribution is -2.35. The molecule has 5 nitrogen and oxygen atoms in total. The van der Waals surface area contributed by atoms with Crippen LogP contribution in [0.1, 0.15) is 47.1 Å². The topological polar surface area (TPSA) is 61.9 Å². The predicted octanol–water partition coefficient (Wildman–Crippen LogP) is 3.86. The molecule has 25 heavy (non-hydrogen) atoms. The first-order valence-electron chi connectivity index (χ1n) is 8.48. The molecule has 1 aliphatic rings. The molecule has 3 heterocycles. The van der Waals surface area contributed by atoms with Crippen molar-refractivity contribution in [2.75, 3.05) is 6.54 Å². The van der Waals surface area contributed by atoms with Crippen LogP contribution in [0.4, 0.5) is 0 Å². The molecule has 0 saturated carbocycles. The fraction of sp³-hybridized carbons (Fsp3) is 0.316. The molecule has 1 aromatic carbocycles. The summed E-state index contributed by atoms with van der Waals surface area (Å²) in [7, 11) is 0. The van der Waals surface area contributed by atoms with Gasteiger partial charge in [-0.25, -0.2) is 4.98 Å². The molecule has 0 atom stereocenters. The van der Waals surface area contributed by atoms with Crippen LogP contribution in [0, 0.1) is 0 Å². The highest BCUT2D eigenvalue weighted by Crippen LogP contribution is 2.27. The maximum absolute atomic E-state index is 12.8. The molecule has 6 heteroatoms. The lowest BCUT2D eigenvalue weighted by Gasteiger charge is -2.25. The molecule has 0 spiro atoms.